The second-order valence-corrected chi connectivity index (χ2v) is 7.38. The second kappa shape index (κ2) is 4.35. The van der Waals surface area contributed by atoms with Crippen LogP contribution in [0.2, 0.25) is 0 Å². The van der Waals surface area contributed by atoms with Crippen molar-refractivity contribution < 1.29 is 8.42 Å². The van der Waals surface area contributed by atoms with E-state index in [1.165, 1.54) is 17.5 Å². The van der Waals surface area contributed by atoms with Gasteiger partial charge in [0, 0.05) is 42.4 Å². The Kier molecular flexibility index (Phi) is 2.91. The number of likely N-dealkylation sites (N-methyl/N-ethyl adjacent to an activating group) is 1. The van der Waals surface area contributed by atoms with Gasteiger partial charge < -0.3 is 9.88 Å². The molecule has 0 atom stereocenters. The molecule has 0 unspecified atom stereocenters. The van der Waals surface area contributed by atoms with Gasteiger partial charge in [0.05, 0.1) is 4.90 Å². The fourth-order valence-corrected chi connectivity index (χ4v) is 3.38. The molecule has 0 spiro atoms. The molecule has 1 aromatic carbocycles. The maximum absolute atomic E-state index is 11.6. The molecule has 1 aliphatic heterocycles. The van der Waals surface area contributed by atoms with Crippen LogP contribution in [0.1, 0.15) is 11.3 Å². The lowest BCUT2D eigenvalue weighted by Crippen LogP contribution is -2.21. The number of nitrogens with one attached hydrogen (secondary N) is 1. The molecule has 0 amide bonds. The smallest absolute Gasteiger partial charge is 0.175 e. The molecule has 102 valence electrons. The monoisotopic (exact) mass is 278 g/mol. The molecule has 3 rings (SSSR count). The van der Waals surface area contributed by atoms with E-state index in [2.05, 4.69) is 16.9 Å². The minimum Gasteiger partial charge on any atom is -0.358 e. The molecule has 0 saturated heterocycles. The summed E-state index contributed by atoms with van der Waals surface area (Å²) in [6.45, 7) is 2.09. The second-order valence-electron chi connectivity index (χ2n) is 5.36. The maximum atomic E-state index is 11.6. The van der Waals surface area contributed by atoms with Gasteiger partial charge in [-0.15, -0.1) is 0 Å². The molecule has 19 heavy (non-hydrogen) atoms. The topological polar surface area (TPSA) is 53.2 Å². The van der Waals surface area contributed by atoms with Gasteiger partial charge in [0.1, 0.15) is 0 Å². The van der Waals surface area contributed by atoms with Gasteiger partial charge in [0.15, 0.2) is 9.84 Å². The lowest BCUT2D eigenvalue weighted by molar-refractivity contribution is 0.352. The van der Waals surface area contributed by atoms with Crippen molar-refractivity contribution in [2.24, 2.45) is 0 Å². The van der Waals surface area contributed by atoms with Gasteiger partial charge in [-0.25, -0.2) is 8.42 Å². The number of fused-ring (bicyclic) bond motifs is 3. The predicted molar refractivity (Wildman–Crippen MR) is 76.3 cm³/mol. The summed E-state index contributed by atoms with van der Waals surface area (Å²) in [7, 11) is -1.01. The van der Waals surface area contributed by atoms with Gasteiger partial charge in [-0.3, -0.25) is 0 Å². The van der Waals surface area contributed by atoms with Crippen molar-refractivity contribution in [3.05, 3.63) is 29.5 Å². The van der Waals surface area contributed by atoms with Crippen molar-refractivity contribution >= 4 is 20.7 Å². The minimum atomic E-state index is -3.14. The number of H-pyrrole nitrogens is 1. The summed E-state index contributed by atoms with van der Waals surface area (Å²) in [5, 5.41) is 1.16. The molecular weight excluding hydrogens is 260 g/mol. The van der Waals surface area contributed by atoms with Crippen LogP contribution in [-0.4, -0.2) is 44.7 Å². The molecule has 0 fully saturated rings. The molecule has 0 radical (unpaired) electrons. The number of benzene rings is 1. The number of hydrogen-bond donors (Lipinski definition) is 1. The Hall–Kier alpha value is -1.33. The number of aromatic amines is 1. The van der Waals surface area contributed by atoms with Gasteiger partial charge in [-0.2, -0.15) is 0 Å². The van der Waals surface area contributed by atoms with Crippen LogP contribution in [0.3, 0.4) is 0 Å². The zero-order valence-corrected chi connectivity index (χ0v) is 12.0. The first-order chi connectivity index (χ1) is 8.95. The summed E-state index contributed by atoms with van der Waals surface area (Å²) in [6.07, 6.45) is 3.26. The van der Waals surface area contributed by atoms with Crippen molar-refractivity contribution in [2.75, 3.05) is 26.4 Å². The van der Waals surface area contributed by atoms with Crippen LogP contribution in [0, 0.1) is 0 Å². The normalized spacial score (nSPS) is 17.4. The Morgan fingerprint density at radius 1 is 1.21 bits per heavy atom. The van der Waals surface area contributed by atoms with Crippen molar-refractivity contribution in [3.8, 4) is 0 Å². The van der Waals surface area contributed by atoms with E-state index in [4.69, 9.17) is 0 Å². The Morgan fingerprint density at radius 2 is 1.95 bits per heavy atom. The van der Waals surface area contributed by atoms with Crippen LogP contribution in [-0.2, 0) is 22.7 Å². The molecule has 0 bridgehead atoms. The number of rotatable bonds is 1. The van der Waals surface area contributed by atoms with Crippen LogP contribution in [0.15, 0.2) is 23.1 Å². The maximum Gasteiger partial charge on any atom is 0.175 e. The van der Waals surface area contributed by atoms with E-state index >= 15 is 0 Å². The SMILES string of the molecule is CN1CCc2[nH]c3cc(S(C)(=O)=O)ccc3c2CC1. The van der Waals surface area contributed by atoms with E-state index in [0.717, 1.165) is 36.8 Å². The lowest BCUT2D eigenvalue weighted by atomic mass is 10.1. The van der Waals surface area contributed by atoms with E-state index in [0.29, 0.717) is 4.90 Å². The zero-order chi connectivity index (χ0) is 13.6. The molecule has 1 N–H and O–H groups in total. The summed E-state index contributed by atoms with van der Waals surface area (Å²) >= 11 is 0. The number of aromatic nitrogens is 1. The zero-order valence-electron chi connectivity index (χ0n) is 11.2. The number of nitrogens with zero attached hydrogens (tertiary/aromatic N) is 1. The summed E-state index contributed by atoms with van der Waals surface area (Å²) in [6, 6.07) is 5.40. The van der Waals surface area contributed by atoms with Crippen molar-refractivity contribution in [2.45, 2.75) is 17.7 Å². The van der Waals surface area contributed by atoms with E-state index in [1.54, 1.807) is 12.1 Å². The quantitative estimate of drug-likeness (QED) is 0.862. The fourth-order valence-electron chi connectivity index (χ4n) is 2.74. The summed E-state index contributed by atoms with van der Waals surface area (Å²) in [4.78, 5) is 6.10. The first kappa shape index (κ1) is 12.7. The van der Waals surface area contributed by atoms with Gasteiger partial charge in [-0.05, 0) is 31.2 Å². The van der Waals surface area contributed by atoms with Gasteiger partial charge >= 0.3 is 0 Å². The van der Waals surface area contributed by atoms with Crippen molar-refractivity contribution in [3.63, 3.8) is 0 Å². The standard InChI is InChI=1S/C14H18N2O2S/c1-16-7-5-12-11-4-3-10(19(2,17)18)9-14(11)15-13(12)6-8-16/h3-4,9,15H,5-8H2,1-2H3. The molecule has 1 aromatic heterocycles. The van der Waals surface area contributed by atoms with Gasteiger partial charge in [0.2, 0.25) is 0 Å². The third-order valence-electron chi connectivity index (χ3n) is 3.88. The number of sulfone groups is 1. The van der Waals surface area contributed by atoms with Crippen molar-refractivity contribution in [1.82, 2.24) is 9.88 Å². The van der Waals surface area contributed by atoms with Crippen LogP contribution in [0.5, 0.6) is 0 Å². The number of hydrogen-bond acceptors (Lipinski definition) is 3. The first-order valence-electron chi connectivity index (χ1n) is 6.47. The highest BCUT2D eigenvalue weighted by Gasteiger charge is 2.17. The molecule has 2 aromatic rings. The van der Waals surface area contributed by atoms with E-state index < -0.39 is 9.84 Å². The molecule has 0 aliphatic carbocycles. The summed E-state index contributed by atoms with van der Waals surface area (Å²) in [5.74, 6) is 0. The molecule has 5 heteroatoms. The fraction of sp³-hybridized carbons (Fsp3) is 0.429. The van der Waals surface area contributed by atoms with E-state index in [9.17, 15) is 8.42 Å². The Labute approximate surface area is 113 Å². The Balaban J connectivity index is 2.14. The Morgan fingerprint density at radius 3 is 2.68 bits per heavy atom. The average Bonchev–Trinajstić information content (AvgIpc) is 2.59. The van der Waals surface area contributed by atoms with Crippen molar-refractivity contribution in [1.29, 1.82) is 0 Å². The van der Waals surface area contributed by atoms with E-state index in [-0.39, 0.29) is 0 Å². The summed E-state index contributed by atoms with van der Waals surface area (Å²) in [5.41, 5.74) is 3.54. The highest BCUT2D eigenvalue weighted by atomic mass is 32.2. The van der Waals surface area contributed by atoms with Crippen LogP contribution in [0.4, 0.5) is 0 Å². The Bertz CT molecular complexity index is 731. The lowest BCUT2D eigenvalue weighted by Gasteiger charge is -2.11. The highest BCUT2D eigenvalue weighted by molar-refractivity contribution is 7.90. The predicted octanol–water partition coefficient (Wildman–Crippen LogP) is 1.60. The van der Waals surface area contributed by atoms with Crippen LogP contribution < -0.4 is 0 Å². The third kappa shape index (κ3) is 2.28. The van der Waals surface area contributed by atoms with E-state index in [1.807, 2.05) is 6.07 Å². The molecule has 1 aliphatic rings. The first-order valence-corrected chi connectivity index (χ1v) is 8.36. The third-order valence-corrected chi connectivity index (χ3v) is 4.99. The van der Waals surface area contributed by atoms with Crippen LogP contribution in [0.25, 0.3) is 10.9 Å². The largest absolute Gasteiger partial charge is 0.358 e. The average molecular weight is 278 g/mol. The molecule has 2 heterocycles. The highest BCUT2D eigenvalue weighted by Crippen LogP contribution is 2.27. The van der Waals surface area contributed by atoms with Gasteiger partial charge in [-0.1, -0.05) is 6.07 Å². The van der Waals surface area contributed by atoms with Gasteiger partial charge in [0.25, 0.3) is 0 Å². The molecule has 0 saturated carbocycles. The molecular formula is C14H18N2O2S. The van der Waals surface area contributed by atoms with Crippen LogP contribution >= 0.6 is 0 Å². The molecule has 4 nitrogen and oxygen atoms in total. The minimum absolute atomic E-state index is 0.383. The summed E-state index contributed by atoms with van der Waals surface area (Å²) < 4.78 is 23.2.